The number of carbonyl (C=O) groups excluding carboxylic acids is 1. The maximum absolute atomic E-state index is 12.2. The molecule has 1 fully saturated rings. The Labute approximate surface area is 149 Å². The van der Waals surface area contributed by atoms with Gasteiger partial charge in [-0.25, -0.2) is 0 Å². The molecule has 5 heteroatoms. The minimum atomic E-state index is -0.197. The van der Waals surface area contributed by atoms with Crippen molar-refractivity contribution in [1.29, 1.82) is 0 Å². The van der Waals surface area contributed by atoms with Crippen molar-refractivity contribution in [2.24, 2.45) is 0 Å². The van der Waals surface area contributed by atoms with Gasteiger partial charge in [0, 0.05) is 12.6 Å². The Hall–Kier alpha value is -2.43. The number of nitrogens with zero attached hydrogens (tertiary/aromatic N) is 2. The summed E-state index contributed by atoms with van der Waals surface area (Å²) >= 11 is 0. The Kier molecular flexibility index (Phi) is 5.99. The second-order valence-corrected chi connectivity index (χ2v) is 6.75. The monoisotopic (exact) mass is 338 g/mol. The molecule has 0 radical (unpaired) electrons. The molecule has 1 aliphatic carbocycles. The molecule has 1 heterocycles. The van der Waals surface area contributed by atoms with E-state index in [4.69, 9.17) is 0 Å². The molecule has 0 saturated heterocycles. The van der Waals surface area contributed by atoms with Gasteiger partial charge in [-0.2, -0.15) is 0 Å². The molecular weight excluding hydrogens is 312 g/mol. The second-order valence-electron chi connectivity index (χ2n) is 6.75. The summed E-state index contributed by atoms with van der Waals surface area (Å²) in [6.07, 6.45) is 7.55. The summed E-state index contributed by atoms with van der Waals surface area (Å²) in [6, 6.07) is 12.1. The third-order valence-corrected chi connectivity index (χ3v) is 4.81. The number of carbonyl (C=O) groups is 1. The summed E-state index contributed by atoms with van der Waals surface area (Å²) in [5, 5.41) is 14.6. The fraction of sp³-hybridized carbons (Fsp3) is 0.450. The molecule has 132 valence electrons. The van der Waals surface area contributed by atoms with E-state index in [2.05, 4.69) is 20.8 Å². The first-order valence-electron chi connectivity index (χ1n) is 9.15. The number of hydrogen-bond acceptors (Lipinski definition) is 4. The summed E-state index contributed by atoms with van der Waals surface area (Å²) in [7, 11) is 0. The van der Waals surface area contributed by atoms with Gasteiger partial charge in [-0.3, -0.25) is 4.79 Å². The van der Waals surface area contributed by atoms with Crippen LogP contribution in [0, 0.1) is 6.92 Å². The van der Waals surface area contributed by atoms with Gasteiger partial charge in [-0.1, -0.05) is 49.9 Å². The molecule has 0 atom stereocenters. The molecule has 2 N–H and O–H groups in total. The smallest absolute Gasteiger partial charge is 0.272 e. The van der Waals surface area contributed by atoms with Crippen molar-refractivity contribution in [3.8, 4) is 0 Å². The third kappa shape index (κ3) is 5.02. The van der Waals surface area contributed by atoms with Crippen LogP contribution in [0.3, 0.4) is 0 Å². The summed E-state index contributed by atoms with van der Waals surface area (Å²) in [5.74, 6) is 0.555. The molecular formula is C20H26N4O. The molecule has 2 aromatic rings. The van der Waals surface area contributed by atoms with Gasteiger partial charge in [0.1, 0.15) is 5.82 Å². The van der Waals surface area contributed by atoms with E-state index < -0.39 is 0 Å². The summed E-state index contributed by atoms with van der Waals surface area (Å²) in [4.78, 5) is 12.2. The summed E-state index contributed by atoms with van der Waals surface area (Å²) in [5.41, 5.74) is 2.62. The second kappa shape index (κ2) is 8.60. The normalized spacial score (nSPS) is 15.4. The van der Waals surface area contributed by atoms with E-state index in [0.29, 0.717) is 18.3 Å². The van der Waals surface area contributed by atoms with E-state index in [-0.39, 0.29) is 5.91 Å². The lowest BCUT2D eigenvalue weighted by Crippen LogP contribution is -2.25. The van der Waals surface area contributed by atoms with Crippen molar-refractivity contribution in [1.82, 2.24) is 15.5 Å². The molecule has 0 bridgehead atoms. The first-order chi connectivity index (χ1) is 12.2. The van der Waals surface area contributed by atoms with E-state index in [1.165, 1.54) is 38.5 Å². The van der Waals surface area contributed by atoms with Crippen molar-refractivity contribution in [3.63, 3.8) is 0 Å². The number of aryl methyl sites for hydroxylation is 1. The number of amides is 1. The lowest BCUT2D eigenvalue weighted by Gasteiger charge is -2.16. The van der Waals surface area contributed by atoms with Gasteiger partial charge in [0.2, 0.25) is 0 Å². The van der Waals surface area contributed by atoms with E-state index >= 15 is 0 Å². The number of nitrogens with one attached hydrogen (secondary N) is 2. The third-order valence-electron chi connectivity index (χ3n) is 4.81. The lowest BCUT2D eigenvalue weighted by molar-refractivity contribution is 0.0945. The van der Waals surface area contributed by atoms with Crippen molar-refractivity contribution < 1.29 is 4.79 Å². The minimum absolute atomic E-state index is 0.197. The predicted molar refractivity (Wildman–Crippen MR) is 99.5 cm³/mol. The maximum Gasteiger partial charge on any atom is 0.272 e. The lowest BCUT2D eigenvalue weighted by atomic mass is 10.1. The fourth-order valence-electron chi connectivity index (χ4n) is 3.24. The Morgan fingerprint density at radius 3 is 2.48 bits per heavy atom. The molecule has 0 unspecified atom stereocenters. The van der Waals surface area contributed by atoms with Crippen LogP contribution in [-0.2, 0) is 6.54 Å². The van der Waals surface area contributed by atoms with Gasteiger partial charge < -0.3 is 10.6 Å². The highest BCUT2D eigenvalue weighted by molar-refractivity contribution is 5.92. The standard InChI is InChI=1S/C20H26N4O/c1-15-8-6-7-9-16(15)14-21-20(25)18-12-13-19(24-23-18)22-17-10-4-2-3-5-11-17/h6-9,12-13,17H,2-5,10-11,14H2,1H3,(H,21,25)(H,22,24). The van der Waals surface area contributed by atoms with Gasteiger partial charge in [0.05, 0.1) is 0 Å². The van der Waals surface area contributed by atoms with Crippen LogP contribution in [0.15, 0.2) is 36.4 Å². The Morgan fingerprint density at radius 1 is 1.04 bits per heavy atom. The number of anilines is 1. The number of rotatable bonds is 5. The molecule has 0 spiro atoms. The van der Waals surface area contributed by atoms with Crippen molar-refractivity contribution in [2.75, 3.05) is 5.32 Å². The van der Waals surface area contributed by atoms with Gasteiger partial charge in [0.25, 0.3) is 5.91 Å². The summed E-state index contributed by atoms with van der Waals surface area (Å²) in [6.45, 7) is 2.53. The first kappa shape index (κ1) is 17.4. The fourth-order valence-corrected chi connectivity index (χ4v) is 3.24. The quantitative estimate of drug-likeness (QED) is 0.813. The van der Waals surface area contributed by atoms with Crippen LogP contribution in [0.5, 0.6) is 0 Å². The van der Waals surface area contributed by atoms with Crippen LogP contribution in [0.4, 0.5) is 5.82 Å². The molecule has 1 saturated carbocycles. The van der Waals surface area contributed by atoms with Crippen LogP contribution < -0.4 is 10.6 Å². The number of benzene rings is 1. The SMILES string of the molecule is Cc1ccccc1CNC(=O)c1ccc(NC2CCCCCC2)nn1. The van der Waals surface area contributed by atoms with Crippen LogP contribution in [-0.4, -0.2) is 22.1 Å². The zero-order chi connectivity index (χ0) is 17.5. The van der Waals surface area contributed by atoms with Crippen molar-refractivity contribution >= 4 is 11.7 Å². The zero-order valence-electron chi connectivity index (χ0n) is 14.8. The van der Waals surface area contributed by atoms with E-state index in [0.717, 1.165) is 16.9 Å². The van der Waals surface area contributed by atoms with Gasteiger partial charge in [-0.05, 0) is 43.0 Å². The van der Waals surface area contributed by atoms with E-state index in [1.54, 1.807) is 6.07 Å². The van der Waals surface area contributed by atoms with Crippen molar-refractivity contribution in [3.05, 3.63) is 53.2 Å². The average Bonchev–Trinajstić information content (AvgIpc) is 2.90. The molecule has 1 aromatic heterocycles. The Bertz CT molecular complexity index is 691. The Balaban J connectivity index is 1.54. The summed E-state index contributed by atoms with van der Waals surface area (Å²) < 4.78 is 0. The molecule has 1 aromatic carbocycles. The topological polar surface area (TPSA) is 66.9 Å². The van der Waals surface area contributed by atoms with Crippen LogP contribution in [0.25, 0.3) is 0 Å². The molecule has 3 rings (SSSR count). The molecule has 25 heavy (non-hydrogen) atoms. The molecule has 1 amide bonds. The highest BCUT2D eigenvalue weighted by Crippen LogP contribution is 2.20. The van der Waals surface area contributed by atoms with Gasteiger partial charge in [-0.15, -0.1) is 10.2 Å². The predicted octanol–water partition coefficient (Wildman–Crippen LogP) is 3.85. The maximum atomic E-state index is 12.2. The van der Waals surface area contributed by atoms with E-state index in [1.807, 2.05) is 37.3 Å². The van der Waals surface area contributed by atoms with Crippen LogP contribution in [0.1, 0.15) is 60.1 Å². The average molecular weight is 338 g/mol. The molecule has 0 aliphatic heterocycles. The number of hydrogen-bond donors (Lipinski definition) is 2. The Morgan fingerprint density at radius 2 is 1.80 bits per heavy atom. The van der Waals surface area contributed by atoms with Crippen LogP contribution >= 0.6 is 0 Å². The minimum Gasteiger partial charge on any atom is -0.366 e. The van der Waals surface area contributed by atoms with Gasteiger partial charge >= 0.3 is 0 Å². The van der Waals surface area contributed by atoms with Crippen molar-refractivity contribution in [2.45, 2.75) is 58.0 Å². The largest absolute Gasteiger partial charge is 0.366 e. The zero-order valence-corrected chi connectivity index (χ0v) is 14.8. The number of aromatic nitrogens is 2. The van der Waals surface area contributed by atoms with Crippen LogP contribution in [0.2, 0.25) is 0 Å². The molecule has 1 aliphatic rings. The van der Waals surface area contributed by atoms with E-state index in [9.17, 15) is 4.79 Å². The first-order valence-corrected chi connectivity index (χ1v) is 9.15. The highest BCUT2D eigenvalue weighted by atomic mass is 16.1. The van der Waals surface area contributed by atoms with Gasteiger partial charge in [0.15, 0.2) is 5.69 Å². The molecule has 5 nitrogen and oxygen atoms in total. The highest BCUT2D eigenvalue weighted by Gasteiger charge is 2.13.